The molecule has 1 aliphatic heterocycles. The van der Waals surface area contributed by atoms with Crippen LogP contribution in [0.4, 0.5) is 11.4 Å². The first kappa shape index (κ1) is 26.2. The van der Waals surface area contributed by atoms with Crippen molar-refractivity contribution >= 4 is 40.7 Å². The highest BCUT2D eigenvalue weighted by Gasteiger charge is 2.32. The van der Waals surface area contributed by atoms with Crippen molar-refractivity contribution in [1.82, 2.24) is 0 Å². The van der Waals surface area contributed by atoms with Crippen molar-refractivity contribution in [2.75, 3.05) is 16.8 Å². The predicted octanol–water partition coefficient (Wildman–Crippen LogP) is 6.60. The first-order valence-electron chi connectivity index (χ1n) is 12.1. The van der Waals surface area contributed by atoms with Crippen LogP contribution in [0.1, 0.15) is 63.3 Å². The summed E-state index contributed by atoms with van der Waals surface area (Å²) in [6.07, 6.45) is 0.652. The first-order valence-corrected chi connectivity index (χ1v) is 12.4. The molecule has 3 aromatic carbocycles. The van der Waals surface area contributed by atoms with Gasteiger partial charge in [0.05, 0.1) is 17.5 Å². The lowest BCUT2D eigenvalue weighted by molar-refractivity contribution is 0.0578. The summed E-state index contributed by atoms with van der Waals surface area (Å²) in [5.74, 6) is 1.16. The Labute approximate surface area is 221 Å². The van der Waals surface area contributed by atoms with E-state index in [1.807, 2.05) is 32.0 Å². The predicted molar refractivity (Wildman–Crippen MR) is 145 cm³/mol. The SMILES string of the molecule is CCOC1CCC(=C=C=O)N(C(=O)c2ccc(NC(=O)c3ccccc3C)cc2C)c2ccc(Cl)cc21. The van der Waals surface area contributed by atoms with E-state index in [4.69, 9.17) is 16.3 Å². The van der Waals surface area contributed by atoms with Crippen molar-refractivity contribution in [3.63, 3.8) is 0 Å². The summed E-state index contributed by atoms with van der Waals surface area (Å²) in [5, 5.41) is 3.43. The van der Waals surface area contributed by atoms with E-state index < -0.39 is 0 Å². The lowest BCUT2D eigenvalue weighted by Crippen LogP contribution is -2.30. The third-order valence-electron chi connectivity index (χ3n) is 6.36. The van der Waals surface area contributed by atoms with Crippen molar-refractivity contribution in [2.24, 2.45) is 0 Å². The van der Waals surface area contributed by atoms with E-state index in [9.17, 15) is 14.4 Å². The number of rotatable bonds is 5. The molecule has 0 aromatic heterocycles. The second kappa shape index (κ2) is 11.4. The summed E-state index contributed by atoms with van der Waals surface area (Å²) >= 11 is 6.30. The van der Waals surface area contributed by atoms with E-state index in [1.54, 1.807) is 55.3 Å². The van der Waals surface area contributed by atoms with E-state index in [2.05, 4.69) is 11.0 Å². The number of benzene rings is 3. The molecule has 2 amide bonds. The summed E-state index contributed by atoms with van der Waals surface area (Å²) in [6.45, 7) is 6.08. The minimum absolute atomic E-state index is 0.224. The van der Waals surface area contributed by atoms with E-state index >= 15 is 0 Å². The Bertz CT molecular complexity index is 1450. The zero-order valence-corrected chi connectivity index (χ0v) is 21.7. The number of allylic oxidation sites excluding steroid dienone is 1. The molecule has 7 heteroatoms. The highest BCUT2D eigenvalue weighted by molar-refractivity contribution is 6.30. The third-order valence-corrected chi connectivity index (χ3v) is 6.60. The molecule has 1 N–H and O–H groups in total. The van der Waals surface area contributed by atoms with Crippen molar-refractivity contribution < 1.29 is 19.1 Å². The minimum atomic E-state index is -0.326. The second-order valence-electron chi connectivity index (χ2n) is 8.80. The van der Waals surface area contributed by atoms with E-state index in [0.717, 1.165) is 11.1 Å². The Kier molecular flexibility index (Phi) is 8.08. The van der Waals surface area contributed by atoms with Crippen LogP contribution in [-0.4, -0.2) is 24.4 Å². The number of hydrogen-bond donors (Lipinski definition) is 1. The molecular formula is C30H27ClN2O4. The molecule has 0 bridgehead atoms. The molecule has 1 atom stereocenters. The number of carbonyl (C=O) groups excluding carboxylic acids is 3. The molecule has 0 fully saturated rings. The maximum absolute atomic E-state index is 13.9. The number of anilines is 2. The van der Waals surface area contributed by atoms with Gasteiger partial charge in [0.1, 0.15) is 0 Å². The smallest absolute Gasteiger partial charge is 0.263 e. The van der Waals surface area contributed by atoms with Crippen LogP contribution in [0.3, 0.4) is 0 Å². The standard InChI is InChI=1S/C30H27ClN2O4/c1-4-37-28-14-11-23(15-16-34)33(27-13-9-21(31)18-26(27)28)30(36)25-12-10-22(17-20(25)3)32-29(35)24-8-6-5-7-19(24)2/h5-10,12-13,17-18,28H,4,11,14H2,1-3H3,(H,32,35). The zero-order chi connectivity index (χ0) is 26.5. The van der Waals surface area contributed by atoms with Gasteiger partial charge in [-0.15, -0.1) is 0 Å². The molecular weight excluding hydrogens is 488 g/mol. The minimum Gasteiger partial charge on any atom is -0.374 e. The van der Waals surface area contributed by atoms with Gasteiger partial charge in [-0.3, -0.25) is 14.5 Å². The third kappa shape index (κ3) is 5.59. The van der Waals surface area contributed by atoms with Crippen LogP contribution in [0.25, 0.3) is 0 Å². The quantitative estimate of drug-likeness (QED) is 0.307. The van der Waals surface area contributed by atoms with Crippen molar-refractivity contribution in [3.8, 4) is 0 Å². The summed E-state index contributed by atoms with van der Waals surface area (Å²) in [4.78, 5) is 39.5. The van der Waals surface area contributed by atoms with Crippen LogP contribution in [0, 0.1) is 13.8 Å². The lowest BCUT2D eigenvalue weighted by Gasteiger charge is -2.25. The Morgan fingerprint density at radius 2 is 1.84 bits per heavy atom. The molecule has 1 heterocycles. The molecule has 0 saturated heterocycles. The number of hydrogen-bond acceptors (Lipinski definition) is 4. The number of halogens is 1. The molecule has 0 radical (unpaired) electrons. The lowest BCUT2D eigenvalue weighted by atomic mass is 10.0. The van der Waals surface area contributed by atoms with E-state index in [0.29, 0.717) is 58.2 Å². The van der Waals surface area contributed by atoms with Gasteiger partial charge in [-0.1, -0.05) is 29.8 Å². The molecule has 188 valence electrons. The van der Waals surface area contributed by atoms with Crippen molar-refractivity contribution in [3.05, 3.63) is 105 Å². The monoisotopic (exact) mass is 514 g/mol. The van der Waals surface area contributed by atoms with Crippen LogP contribution in [0.15, 0.2) is 72.1 Å². The number of nitrogens with one attached hydrogen (secondary N) is 1. The molecule has 6 nitrogen and oxygen atoms in total. The number of nitrogens with zero attached hydrogens (tertiary/aromatic N) is 1. The van der Waals surface area contributed by atoms with Gasteiger partial charge in [-0.05, 0) is 92.9 Å². The summed E-state index contributed by atoms with van der Waals surface area (Å²) in [7, 11) is 0. The van der Waals surface area contributed by atoms with Gasteiger partial charge in [0.2, 0.25) is 0 Å². The molecule has 1 unspecified atom stereocenters. The molecule has 0 spiro atoms. The van der Waals surface area contributed by atoms with E-state index in [1.165, 1.54) is 4.90 Å². The Morgan fingerprint density at radius 3 is 2.54 bits per heavy atom. The van der Waals surface area contributed by atoms with Gasteiger partial charge in [-0.2, -0.15) is 0 Å². The van der Waals surface area contributed by atoms with Crippen LogP contribution in [-0.2, 0) is 9.53 Å². The Morgan fingerprint density at radius 1 is 1.05 bits per heavy atom. The normalized spacial score (nSPS) is 14.8. The van der Waals surface area contributed by atoms with Crippen molar-refractivity contribution in [2.45, 2.75) is 39.7 Å². The van der Waals surface area contributed by atoms with Gasteiger partial charge in [0.15, 0.2) is 5.94 Å². The number of fused-ring (bicyclic) bond motifs is 1. The summed E-state index contributed by atoms with van der Waals surface area (Å²) < 4.78 is 5.95. The van der Waals surface area contributed by atoms with Gasteiger partial charge >= 0.3 is 0 Å². The Hall–Kier alpha value is -3.92. The molecule has 37 heavy (non-hydrogen) atoms. The summed E-state index contributed by atoms with van der Waals surface area (Å²) in [6, 6.07) is 17.7. The van der Waals surface area contributed by atoms with Crippen LogP contribution in [0.5, 0.6) is 0 Å². The fourth-order valence-corrected chi connectivity index (χ4v) is 4.76. The van der Waals surface area contributed by atoms with Crippen molar-refractivity contribution in [1.29, 1.82) is 0 Å². The maximum atomic E-state index is 13.9. The maximum Gasteiger partial charge on any atom is 0.263 e. The molecule has 0 aliphatic carbocycles. The fourth-order valence-electron chi connectivity index (χ4n) is 4.58. The molecule has 3 aromatic rings. The number of aryl methyl sites for hydroxylation is 2. The number of ether oxygens (including phenoxy) is 1. The van der Waals surface area contributed by atoms with Crippen LogP contribution in [0.2, 0.25) is 5.02 Å². The summed E-state index contributed by atoms with van der Waals surface area (Å²) in [5.41, 5.74) is 7.47. The largest absolute Gasteiger partial charge is 0.374 e. The number of amides is 2. The van der Waals surface area contributed by atoms with Gasteiger partial charge in [0.25, 0.3) is 11.8 Å². The Balaban J connectivity index is 1.71. The van der Waals surface area contributed by atoms with Crippen LogP contribution >= 0.6 is 11.6 Å². The van der Waals surface area contributed by atoms with E-state index in [-0.39, 0.29) is 17.9 Å². The zero-order valence-electron chi connectivity index (χ0n) is 20.9. The molecule has 1 aliphatic rings. The number of carbonyl (C=O) groups is 2. The molecule has 0 saturated carbocycles. The van der Waals surface area contributed by atoms with Gasteiger partial charge < -0.3 is 10.1 Å². The first-order chi connectivity index (χ1) is 17.8. The second-order valence-corrected chi connectivity index (χ2v) is 9.24. The topological polar surface area (TPSA) is 75.7 Å². The highest BCUT2D eigenvalue weighted by atomic mass is 35.5. The average molecular weight is 515 g/mol. The van der Waals surface area contributed by atoms with Gasteiger partial charge in [-0.25, -0.2) is 4.79 Å². The van der Waals surface area contributed by atoms with Crippen LogP contribution < -0.4 is 10.2 Å². The highest BCUT2D eigenvalue weighted by Crippen LogP contribution is 2.41. The molecule has 4 rings (SSSR count). The van der Waals surface area contributed by atoms with Gasteiger partial charge in [0, 0.05) is 34.0 Å². The average Bonchev–Trinajstić information content (AvgIpc) is 3.01. The fraction of sp³-hybridized carbons (Fsp3) is 0.233.